The molecule has 2 aromatic carbocycles. The molecule has 3 aromatic rings. The fourth-order valence-electron chi connectivity index (χ4n) is 5.09. The van der Waals surface area contributed by atoms with Gasteiger partial charge in [0.15, 0.2) is 5.82 Å². The van der Waals surface area contributed by atoms with Crippen LogP contribution in [-0.2, 0) is 16.4 Å². The summed E-state index contributed by atoms with van der Waals surface area (Å²) in [4.78, 5) is 6.32. The van der Waals surface area contributed by atoms with Crippen molar-refractivity contribution in [1.29, 1.82) is 0 Å². The molecular formula is C25H29FN4O3S. The van der Waals surface area contributed by atoms with Gasteiger partial charge < -0.3 is 9.42 Å². The van der Waals surface area contributed by atoms with Gasteiger partial charge in [-0.2, -0.15) is 4.98 Å². The molecule has 3 heterocycles. The molecule has 0 aliphatic carbocycles. The first kappa shape index (κ1) is 23.0. The van der Waals surface area contributed by atoms with E-state index in [2.05, 4.69) is 15.0 Å². The lowest BCUT2D eigenvalue weighted by molar-refractivity contribution is 0.365. The Bertz CT molecular complexity index is 1200. The average Bonchev–Trinajstić information content (AvgIpc) is 3.39. The summed E-state index contributed by atoms with van der Waals surface area (Å²) in [5.41, 5.74) is 2.22. The number of aromatic nitrogens is 2. The summed E-state index contributed by atoms with van der Waals surface area (Å²) in [5.74, 6) is 0.723. The Morgan fingerprint density at radius 3 is 2.53 bits per heavy atom. The molecule has 2 aliphatic rings. The van der Waals surface area contributed by atoms with Gasteiger partial charge in [0, 0.05) is 37.8 Å². The lowest BCUT2D eigenvalue weighted by atomic mass is 9.95. The van der Waals surface area contributed by atoms with Crippen LogP contribution in [0.4, 0.5) is 10.1 Å². The predicted octanol–water partition coefficient (Wildman–Crippen LogP) is 4.30. The summed E-state index contributed by atoms with van der Waals surface area (Å²) in [5, 5.41) is 3.42. The maximum absolute atomic E-state index is 15.0. The first-order valence-corrected chi connectivity index (χ1v) is 13.4. The van der Waals surface area contributed by atoms with Crippen LogP contribution in [0.3, 0.4) is 0 Å². The molecule has 180 valence electrons. The third-order valence-corrected chi connectivity index (χ3v) is 9.35. The standard InChI is InChI=1S/C25H29FN4O3S/c26-23-17-22(29-14-10-21(11-15-29)25-27-18-33-28-25)9-8-19(23)12-16-30-13-4-7-24(34(30,31)32)20-5-2-1-3-6-20/h1-3,5-6,8-9,17-18,21,24H,4,7,10-16H2. The van der Waals surface area contributed by atoms with Gasteiger partial charge in [0.2, 0.25) is 16.4 Å². The lowest BCUT2D eigenvalue weighted by Gasteiger charge is -2.33. The third-order valence-electron chi connectivity index (χ3n) is 7.04. The van der Waals surface area contributed by atoms with Crippen molar-refractivity contribution in [3.8, 4) is 0 Å². The fourth-order valence-corrected chi connectivity index (χ4v) is 7.14. The van der Waals surface area contributed by atoms with E-state index >= 15 is 0 Å². The van der Waals surface area contributed by atoms with E-state index in [1.54, 1.807) is 12.1 Å². The Hall–Kier alpha value is -2.78. The van der Waals surface area contributed by atoms with E-state index in [1.165, 1.54) is 10.7 Å². The lowest BCUT2D eigenvalue weighted by Crippen LogP contribution is -2.41. The molecule has 5 rings (SSSR count). The number of nitrogens with zero attached hydrogens (tertiary/aromatic N) is 4. The molecule has 7 nitrogen and oxygen atoms in total. The number of piperidine rings is 1. The predicted molar refractivity (Wildman–Crippen MR) is 127 cm³/mol. The van der Waals surface area contributed by atoms with Gasteiger partial charge in [0.05, 0.1) is 0 Å². The zero-order chi connectivity index (χ0) is 23.5. The van der Waals surface area contributed by atoms with Crippen LogP contribution in [0.25, 0.3) is 0 Å². The highest BCUT2D eigenvalue weighted by Gasteiger charge is 2.36. The van der Waals surface area contributed by atoms with Gasteiger partial charge in [0.25, 0.3) is 0 Å². The minimum absolute atomic E-state index is 0.269. The second-order valence-electron chi connectivity index (χ2n) is 9.06. The first-order valence-electron chi connectivity index (χ1n) is 11.9. The number of benzene rings is 2. The molecule has 1 aromatic heterocycles. The van der Waals surface area contributed by atoms with Crippen LogP contribution in [0.1, 0.15) is 53.8 Å². The van der Waals surface area contributed by atoms with Crippen molar-refractivity contribution < 1.29 is 17.3 Å². The van der Waals surface area contributed by atoms with Crippen molar-refractivity contribution in [2.45, 2.75) is 43.3 Å². The Morgan fingerprint density at radius 1 is 1.03 bits per heavy atom. The number of anilines is 1. The van der Waals surface area contributed by atoms with Crippen molar-refractivity contribution in [2.75, 3.05) is 31.1 Å². The second kappa shape index (κ2) is 9.84. The molecule has 9 heteroatoms. The van der Waals surface area contributed by atoms with Crippen molar-refractivity contribution in [1.82, 2.24) is 14.4 Å². The van der Waals surface area contributed by atoms with E-state index < -0.39 is 15.3 Å². The number of halogens is 1. The van der Waals surface area contributed by atoms with Gasteiger partial charge >= 0.3 is 0 Å². The maximum atomic E-state index is 15.0. The van der Waals surface area contributed by atoms with Gasteiger partial charge in [-0.05, 0) is 55.4 Å². The molecule has 0 saturated carbocycles. The summed E-state index contributed by atoms with van der Waals surface area (Å²) >= 11 is 0. The highest BCUT2D eigenvalue weighted by atomic mass is 32.2. The summed E-state index contributed by atoms with van der Waals surface area (Å²) in [6.45, 7) is 2.37. The van der Waals surface area contributed by atoms with Crippen molar-refractivity contribution in [2.24, 2.45) is 0 Å². The summed E-state index contributed by atoms with van der Waals surface area (Å²) < 4.78 is 47.8. The van der Waals surface area contributed by atoms with Crippen LogP contribution < -0.4 is 4.90 Å². The minimum atomic E-state index is -3.46. The van der Waals surface area contributed by atoms with Crippen LogP contribution in [0.15, 0.2) is 59.4 Å². The van der Waals surface area contributed by atoms with Crippen LogP contribution in [0, 0.1) is 5.82 Å². The van der Waals surface area contributed by atoms with E-state index in [0.29, 0.717) is 24.9 Å². The Kier molecular flexibility index (Phi) is 6.65. The van der Waals surface area contributed by atoms with Crippen molar-refractivity contribution >= 4 is 15.7 Å². The zero-order valence-corrected chi connectivity index (χ0v) is 19.8. The fraction of sp³-hybridized carbons (Fsp3) is 0.440. The molecule has 0 spiro atoms. The summed E-state index contributed by atoms with van der Waals surface area (Å²) in [7, 11) is -3.46. The van der Waals surface area contributed by atoms with Gasteiger partial charge in [-0.1, -0.05) is 41.6 Å². The molecule has 1 unspecified atom stereocenters. The van der Waals surface area contributed by atoms with Gasteiger partial charge in [-0.25, -0.2) is 17.1 Å². The van der Waals surface area contributed by atoms with E-state index in [0.717, 1.165) is 49.4 Å². The molecular weight excluding hydrogens is 455 g/mol. The van der Waals surface area contributed by atoms with Crippen LogP contribution in [0.2, 0.25) is 0 Å². The number of hydrogen-bond acceptors (Lipinski definition) is 6. The van der Waals surface area contributed by atoms with Gasteiger partial charge in [-0.3, -0.25) is 0 Å². The molecule has 34 heavy (non-hydrogen) atoms. The van der Waals surface area contributed by atoms with E-state index in [9.17, 15) is 12.8 Å². The highest BCUT2D eigenvalue weighted by molar-refractivity contribution is 7.89. The number of rotatable bonds is 6. The second-order valence-corrected chi connectivity index (χ2v) is 11.2. The van der Waals surface area contributed by atoms with Gasteiger partial charge in [-0.15, -0.1) is 0 Å². The molecule has 0 radical (unpaired) electrons. The summed E-state index contributed by atoms with van der Waals surface area (Å²) in [6, 6.07) is 14.7. The zero-order valence-electron chi connectivity index (χ0n) is 19.0. The number of sulfonamides is 1. The first-order chi connectivity index (χ1) is 16.5. The maximum Gasteiger partial charge on any atom is 0.221 e. The quantitative estimate of drug-likeness (QED) is 0.519. The largest absolute Gasteiger partial charge is 0.371 e. The summed E-state index contributed by atoms with van der Waals surface area (Å²) in [6.07, 6.45) is 4.91. The van der Waals surface area contributed by atoms with Crippen LogP contribution >= 0.6 is 0 Å². The Labute approximate surface area is 199 Å². The van der Waals surface area contributed by atoms with Crippen LogP contribution in [0.5, 0.6) is 0 Å². The molecule has 1 atom stereocenters. The van der Waals surface area contributed by atoms with Crippen LogP contribution in [-0.4, -0.2) is 49.0 Å². The van der Waals surface area contributed by atoms with Crippen molar-refractivity contribution in [3.05, 3.63) is 77.7 Å². The third kappa shape index (κ3) is 4.72. The van der Waals surface area contributed by atoms with Gasteiger partial charge in [0.1, 0.15) is 11.1 Å². The molecule has 0 N–H and O–H groups in total. The Balaban J connectivity index is 1.21. The Morgan fingerprint density at radius 2 is 1.82 bits per heavy atom. The van der Waals surface area contributed by atoms with Crippen molar-refractivity contribution in [3.63, 3.8) is 0 Å². The topological polar surface area (TPSA) is 79.5 Å². The molecule has 0 bridgehead atoms. The monoisotopic (exact) mass is 484 g/mol. The normalized spacial score (nSPS) is 21.6. The molecule has 0 amide bonds. The van der Waals surface area contributed by atoms with E-state index in [1.807, 2.05) is 36.4 Å². The number of hydrogen-bond donors (Lipinski definition) is 0. The molecule has 2 aliphatic heterocycles. The molecule has 2 fully saturated rings. The minimum Gasteiger partial charge on any atom is -0.371 e. The highest BCUT2D eigenvalue weighted by Crippen LogP contribution is 2.34. The van der Waals surface area contributed by atoms with E-state index in [4.69, 9.17) is 4.52 Å². The molecule has 2 saturated heterocycles. The van der Waals surface area contributed by atoms with E-state index in [-0.39, 0.29) is 18.3 Å². The SMILES string of the molecule is O=S1(=O)C(c2ccccc2)CCCN1CCc1ccc(N2CCC(c3ncon3)CC2)cc1F. The average molecular weight is 485 g/mol. The smallest absolute Gasteiger partial charge is 0.221 e.